The predicted molar refractivity (Wildman–Crippen MR) is 78.6 cm³/mol. The van der Waals surface area contributed by atoms with E-state index in [1.165, 1.54) is 20.3 Å². The van der Waals surface area contributed by atoms with Gasteiger partial charge in [-0.25, -0.2) is 0 Å². The second-order valence-electron chi connectivity index (χ2n) is 4.40. The van der Waals surface area contributed by atoms with Crippen LogP contribution >= 0.6 is 0 Å². The van der Waals surface area contributed by atoms with Gasteiger partial charge in [-0.1, -0.05) is 30.3 Å². The quantitative estimate of drug-likeness (QED) is 0.913. The lowest BCUT2D eigenvalue weighted by molar-refractivity contribution is -0.117. The molecule has 2 aromatic rings. The standard InChI is InChI=1S/C15H17N3O3/c1-10(11-7-5-4-6-8-11)14(19)18-15-16-12(20-2)9-13(17-15)21-3/h4-10H,1-3H3,(H,16,17,18,19)/t10-/m1/s1. The molecular weight excluding hydrogens is 270 g/mol. The van der Waals surface area contributed by atoms with Gasteiger partial charge in [0.25, 0.3) is 0 Å². The van der Waals surface area contributed by atoms with Crippen molar-refractivity contribution in [3.05, 3.63) is 42.0 Å². The van der Waals surface area contributed by atoms with Crippen LogP contribution in [0, 0.1) is 0 Å². The molecule has 1 aromatic heterocycles. The maximum atomic E-state index is 12.2. The van der Waals surface area contributed by atoms with Crippen LogP contribution in [0.3, 0.4) is 0 Å². The van der Waals surface area contributed by atoms with E-state index in [1.807, 2.05) is 37.3 Å². The normalized spacial score (nSPS) is 11.6. The summed E-state index contributed by atoms with van der Waals surface area (Å²) >= 11 is 0. The Morgan fingerprint density at radius 1 is 1.10 bits per heavy atom. The minimum absolute atomic E-state index is 0.152. The van der Waals surface area contributed by atoms with E-state index < -0.39 is 0 Å². The molecule has 0 saturated carbocycles. The highest BCUT2D eigenvalue weighted by Crippen LogP contribution is 2.20. The van der Waals surface area contributed by atoms with Crippen LogP contribution in [0.5, 0.6) is 11.8 Å². The number of carbonyl (C=O) groups is 1. The molecule has 110 valence electrons. The number of benzene rings is 1. The van der Waals surface area contributed by atoms with Crippen LogP contribution in [0.1, 0.15) is 18.4 Å². The van der Waals surface area contributed by atoms with E-state index in [2.05, 4.69) is 15.3 Å². The van der Waals surface area contributed by atoms with Gasteiger partial charge >= 0.3 is 0 Å². The summed E-state index contributed by atoms with van der Waals surface area (Å²) in [6.45, 7) is 1.82. The first-order valence-corrected chi connectivity index (χ1v) is 6.47. The number of rotatable bonds is 5. The minimum Gasteiger partial charge on any atom is -0.481 e. The van der Waals surface area contributed by atoms with E-state index in [4.69, 9.17) is 9.47 Å². The van der Waals surface area contributed by atoms with Crippen LogP contribution < -0.4 is 14.8 Å². The number of carbonyl (C=O) groups excluding carboxylic acids is 1. The fourth-order valence-electron chi connectivity index (χ4n) is 1.78. The lowest BCUT2D eigenvalue weighted by Crippen LogP contribution is -2.20. The van der Waals surface area contributed by atoms with Crippen LogP contribution in [0.4, 0.5) is 5.95 Å². The summed E-state index contributed by atoms with van der Waals surface area (Å²) in [5, 5.41) is 2.67. The van der Waals surface area contributed by atoms with E-state index in [-0.39, 0.29) is 17.8 Å². The van der Waals surface area contributed by atoms with Crippen molar-refractivity contribution in [3.8, 4) is 11.8 Å². The second kappa shape index (κ2) is 6.69. The molecule has 1 atom stereocenters. The molecule has 0 fully saturated rings. The molecule has 0 aliphatic heterocycles. The molecule has 0 saturated heterocycles. The highest BCUT2D eigenvalue weighted by atomic mass is 16.5. The number of amides is 1. The summed E-state index contributed by atoms with van der Waals surface area (Å²) in [5.74, 6) is 0.288. The fourth-order valence-corrected chi connectivity index (χ4v) is 1.78. The Labute approximate surface area is 123 Å². The van der Waals surface area contributed by atoms with Crippen molar-refractivity contribution >= 4 is 11.9 Å². The van der Waals surface area contributed by atoms with Gasteiger partial charge in [0.15, 0.2) is 0 Å². The summed E-state index contributed by atoms with van der Waals surface area (Å²) in [6.07, 6.45) is 0. The number of hydrogen-bond acceptors (Lipinski definition) is 5. The Morgan fingerprint density at radius 3 is 2.19 bits per heavy atom. The third-order valence-corrected chi connectivity index (χ3v) is 3.03. The molecule has 1 heterocycles. The van der Waals surface area contributed by atoms with E-state index >= 15 is 0 Å². The Balaban J connectivity index is 2.16. The first kappa shape index (κ1) is 14.8. The molecule has 1 N–H and O–H groups in total. The molecule has 2 rings (SSSR count). The zero-order chi connectivity index (χ0) is 15.2. The molecule has 21 heavy (non-hydrogen) atoms. The van der Waals surface area contributed by atoms with E-state index in [0.717, 1.165) is 5.56 Å². The molecule has 0 unspecified atom stereocenters. The molecule has 0 aliphatic rings. The van der Waals surface area contributed by atoms with Crippen molar-refractivity contribution in [1.29, 1.82) is 0 Å². The summed E-state index contributed by atoms with van der Waals surface area (Å²) in [4.78, 5) is 20.4. The summed E-state index contributed by atoms with van der Waals surface area (Å²) in [5.41, 5.74) is 0.921. The van der Waals surface area contributed by atoms with Gasteiger partial charge in [0.1, 0.15) is 0 Å². The van der Waals surface area contributed by atoms with Crippen molar-refractivity contribution in [1.82, 2.24) is 9.97 Å². The van der Waals surface area contributed by atoms with E-state index in [0.29, 0.717) is 11.8 Å². The number of hydrogen-bond donors (Lipinski definition) is 1. The van der Waals surface area contributed by atoms with E-state index in [1.54, 1.807) is 0 Å². The summed E-state index contributed by atoms with van der Waals surface area (Å²) in [7, 11) is 2.97. The number of nitrogens with one attached hydrogen (secondary N) is 1. The van der Waals surface area contributed by atoms with Gasteiger partial charge in [-0.05, 0) is 12.5 Å². The van der Waals surface area contributed by atoms with Crippen LogP contribution in [0.2, 0.25) is 0 Å². The van der Waals surface area contributed by atoms with Crippen molar-refractivity contribution in [2.24, 2.45) is 0 Å². The molecule has 0 spiro atoms. The molecule has 0 bridgehead atoms. The van der Waals surface area contributed by atoms with Crippen molar-refractivity contribution < 1.29 is 14.3 Å². The smallest absolute Gasteiger partial charge is 0.236 e. The Bertz CT molecular complexity index is 595. The molecule has 6 heteroatoms. The maximum Gasteiger partial charge on any atom is 0.236 e. The highest BCUT2D eigenvalue weighted by Gasteiger charge is 2.17. The van der Waals surface area contributed by atoms with Gasteiger partial charge in [-0.15, -0.1) is 0 Å². The van der Waals surface area contributed by atoms with Crippen molar-refractivity contribution in [2.45, 2.75) is 12.8 Å². The van der Waals surface area contributed by atoms with Gasteiger partial charge in [-0.2, -0.15) is 9.97 Å². The van der Waals surface area contributed by atoms with Gasteiger partial charge < -0.3 is 9.47 Å². The minimum atomic E-state index is -0.313. The van der Waals surface area contributed by atoms with Gasteiger partial charge in [0.05, 0.1) is 26.2 Å². The van der Waals surface area contributed by atoms with Gasteiger partial charge in [0.2, 0.25) is 23.6 Å². The molecule has 1 aromatic carbocycles. The van der Waals surface area contributed by atoms with Gasteiger partial charge in [0, 0.05) is 0 Å². The number of aromatic nitrogens is 2. The SMILES string of the molecule is COc1cc(OC)nc(NC(=O)[C@H](C)c2ccccc2)n1. The van der Waals surface area contributed by atoms with Crippen LogP contribution in [-0.4, -0.2) is 30.1 Å². The molecule has 1 amide bonds. The maximum absolute atomic E-state index is 12.2. The highest BCUT2D eigenvalue weighted by molar-refractivity contribution is 5.94. The zero-order valence-electron chi connectivity index (χ0n) is 12.2. The second-order valence-corrected chi connectivity index (χ2v) is 4.40. The van der Waals surface area contributed by atoms with Crippen LogP contribution in [0.15, 0.2) is 36.4 Å². The fraction of sp³-hybridized carbons (Fsp3) is 0.267. The Morgan fingerprint density at radius 2 is 1.67 bits per heavy atom. The van der Waals surface area contributed by atoms with Crippen molar-refractivity contribution in [2.75, 3.05) is 19.5 Å². The third-order valence-electron chi connectivity index (χ3n) is 3.03. The average Bonchev–Trinajstić information content (AvgIpc) is 2.54. The zero-order valence-corrected chi connectivity index (χ0v) is 12.2. The largest absolute Gasteiger partial charge is 0.481 e. The number of methoxy groups -OCH3 is 2. The Hall–Kier alpha value is -2.63. The lowest BCUT2D eigenvalue weighted by atomic mass is 10.0. The topological polar surface area (TPSA) is 73.3 Å². The summed E-state index contributed by atoms with van der Waals surface area (Å²) in [6, 6.07) is 11.0. The summed E-state index contributed by atoms with van der Waals surface area (Å²) < 4.78 is 10.1. The monoisotopic (exact) mass is 287 g/mol. The number of nitrogens with zero attached hydrogens (tertiary/aromatic N) is 2. The number of ether oxygens (including phenoxy) is 2. The first-order chi connectivity index (χ1) is 10.1. The van der Waals surface area contributed by atoms with Crippen LogP contribution in [0.25, 0.3) is 0 Å². The molecule has 0 aliphatic carbocycles. The van der Waals surface area contributed by atoms with Crippen molar-refractivity contribution in [3.63, 3.8) is 0 Å². The molecular formula is C15H17N3O3. The lowest BCUT2D eigenvalue weighted by Gasteiger charge is -2.12. The van der Waals surface area contributed by atoms with Gasteiger partial charge in [-0.3, -0.25) is 10.1 Å². The average molecular weight is 287 g/mol. The number of anilines is 1. The Kier molecular flexibility index (Phi) is 4.71. The van der Waals surface area contributed by atoms with E-state index in [9.17, 15) is 4.79 Å². The van der Waals surface area contributed by atoms with Crippen LogP contribution in [-0.2, 0) is 4.79 Å². The molecule has 6 nitrogen and oxygen atoms in total. The molecule has 0 radical (unpaired) electrons. The first-order valence-electron chi connectivity index (χ1n) is 6.47. The third kappa shape index (κ3) is 3.68. The predicted octanol–water partition coefficient (Wildman–Crippen LogP) is 2.24.